The third-order valence-corrected chi connectivity index (χ3v) is 4.17. The van der Waals surface area contributed by atoms with Gasteiger partial charge in [-0.25, -0.2) is 9.37 Å². The van der Waals surface area contributed by atoms with Crippen molar-refractivity contribution in [3.63, 3.8) is 0 Å². The van der Waals surface area contributed by atoms with Crippen LogP contribution in [0, 0.1) is 5.82 Å². The first-order valence-electron chi connectivity index (χ1n) is 6.32. The van der Waals surface area contributed by atoms with Crippen LogP contribution in [-0.2, 0) is 0 Å². The number of benzene rings is 1. The molecular formula is C15H13FN2OS. The van der Waals surface area contributed by atoms with Crippen molar-refractivity contribution in [3.8, 4) is 11.1 Å². The molecule has 0 amide bonds. The van der Waals surface area contributed by atoms with E-state index in [2.05, 4.69) is 4.98 Å². The van der Waals surface area contributed by atoms with E-state index in [4.69, 9.17) is 0 Å². The quantitative estimate of drug-likeness (QED) is 0.718. The summed E-state index contributed by atoms with van der Waals surface area (Å²) in [5.74, 6) is -0.275. The normalized spacial score (nSPS) is 11.4. The van der Waals surface area contributed by atoms with E-state index in [9.17, 15) is 9.18 Å². The molecule has 0 aliphatic heterocycles. The predicted molar refractivity (Wildman–Crippen MR) is 79.7 cm³/mol. The van der Waals surface area contributed by atoms with Gasteiger partial charge in [0, 0.05) is 17.0 Å². The van der Waals surface area contributed by atoms with E-state index in [-0.39, 0.29) is 17.4 Å². The first-order valence-corrected chi connectivity index (χ1v) is 7.20. The minimum absolute atomic E-state index is 0.0247. The lowest BCUT2D eigenvalue weighted by atomic mass is 10.1. The molecule has 2 heterocycles. The predicted octanol–water partition coefficient (Wildman–Crippen LogP) is 3.85. The summed E-state index contributed by atoms with van der Waals surface area (Å²) < 4.78 is 15.2. The Balaban J connectivity index is 2.22. The Morgan fingerprint density at radius 3 is 2.60 bits per heavy atom. The SMILES string of the molecule is CC(C)n1cnc2c(-c3ccc(F)cc3)csc2c1=O. The Labute approximate surface area is 119 Å². The van der Waals surface area contributed by atoms with Gasteiger partial charge < -0.3 is 0 Å². The standard InChI is InChI=1S/C15H13FN2OS/c1-9(2)18-8-17-13-12(7-20-14(13)15(18)19)10-3-5-11(16)6-4-10/h3-9H,1-2H3. The molecule has 3 rings (SSSR count). The molecule has 0 fully saturated rings. The van der Waals surface area contributed by atoms with E-state index in [1.54, 1.807) is 23.0 Å². The number of halogens is 1. The van der Waals surface area contributed by atoms with Gasteiger partial charge in [0.05, 0.1) is 11.8 Å². The second-order valence-corrected chi connectivity index (χ2v) is 5.76. The zero-order valence-corrected chi connectivity index (χ0v) is 11.9. The van der Waals surface area contributed by atoms with Gasteiger partial charge in [0.15, 0.2) is 0 Å². The average Bonchev–Trinajstić information content (AvgIpc) is 2.84. The van der Waals surface area contributed by atoms with Crippen molar-refractivity contribution in [1.82, 2.24) is 9.55 Å². The molecule has 5 heteroatoms. The molecule has 0 atom stereocenters. The molecule has 2 aromatic heterocycles. The zero-order chi connectivity index (χ0) is 14.3. The van der Waals surface area contributed by atoms with Crippen molar-refractivity contribution in [2.45, 2.75) is 19.9 Å². The van der Waals surface area contributed by atoms with Crippen molar-refractivity contribution >= 4 is 21.6 Å². The Morgan fingerprint density at radius 1 is 1.25 bits per heavy atom. The molecule has 0 aliphatic carbocycles. The lowest BCUT2D eigenvalue weighted by molar-refractivity contribution is 0.574. The number of fused-ring (bicyclic) bond motifs is 1. The summed E-state index contributed by atoms with van der Waals surface area (Å²) in [7, 11) is 0. The highest BCUT2D eigenvalue weighted by Crippen LogP contribution is 2.30. The van der Waals surface area contributed by atoms with E-state index in [0.29, 0.717) is 10.2 Å². The van der Waals surface area contributed by atoms with E-state index < -0.39 is 0 Å². The number of hydrogen-bond donors (Lipinski definition) is 0. The molecule has 3 nitrogen and oxygen atoms in total. The van der Waals surface area contributed by atoms with E-state index in [1.807, 2.05) is 19.2 Å². The molecule has 0 radical (unpaired) electrons. The molecule has 0 N–H and O–H groups in total. The monoisotopic (exact) mass is 288 g/mol. The highest BCUT2D eigenvalue weighted by atomic mass is 32.1. The fourth-order valence-electron chi connectivity index (χ4n) is 2.12. The molecule has 0 saturated heterocycles. The molecule has 0 bridgehead atoms. The molecule has 0 saturated carbocycles. The van der Waals surface area contributed by atoms with Gasteiger partial charge in [-0.1, -0.05) is 12.1 Å². The minimum Gasteiger partial charge on any atom is -0.295 e. The van der Waals surface area contributed by atoms with Gasteiger partial charge >= 0.3 is 0 Å². The van der Waals surface area contributed by atoms with Gasteiger partial charge in [-0.15, -0.1) is 11.3 Å². The average molecular weight is 288 g/mol. The van der Waals surface area contributed by atoms with Crippen molar-refractivity contribution in [3.05, 3.63) is 52.1 Å². The summed E-state index contributed by atoms with van der Waals surface area (Å²) in [5.41, 5.74) is 2.40. The molecular weight excluding hydrogens is 275 g/mol. The largest absolute Gasteiger partial charge is 0.295 e. The van der Waals surface area contributed by atoms with Gasteiger partial charge in [-0.2, -0.15) is 0 Å². The molecule has 102 valence electrons. The fraction of sp³-hybridized carbons (Fsp3) is 0.200. The Hall–Kier alpha value is -2.01. The summed E-state index contributed by atoms with van der Waals surface area (Å²) in [4.78, 5) is 16.7. The maximum Gasteiger partial charge on any atom is 0.271 e. The molecule has 20 heavy (non-hydrogen) atoms. The number of nitrogens with zero attached hydrogens (tertiary/aromatic N) is 2. The highest BCUT2D eigenvalue weighted by molar-refractivity contribution is 7.17. The van der Waals surface area contributed by atoms with E-state index in [0.717, 1.165) is 11.1 Å². The van der Waals surface area contributed by atoms with Crippen LogP contribution >= 0.6 is 11.3 Å². The second kappa shape index (κ2) is 4.83. The Bertz CT molecular complexity index is 818. The van der Waals surface area contributed by atoms with Crippen LogP contribution in [0.25, 0.3) is 21.3 Å². The Kier molecular flexibility index (Phi) is 3.14. The summed E-state index contributed by atoms with van der Waals surface area (Å²) in [5, 5.41) is 1.90. The van der Waals surface area contributed by atoms with Crippen LogP contribution in [0.2, 0.25) is 0 Å². The summed E-state index contributed by atoms with van der Waals surface area (Å²) in [6, 6.07) is 6.30. The van der Waals surface area contributed by atoms with Gasteiger partial charge in [-0.3, -0.25) is 9.36 Å². The first-order chi connectivity index (χ1) is 9.58. The van der Waals surface area contributed by atoms with Gasteiger partial charge in [0.25, 0.3) is 5.56 Å². The minimum atomic E-state index is -0.275. The smallest absolute Gasteiger partial charge is 0.271 e. The van der Waals surface area contributed by atoms with Crippen molar-refractivity contribution in [2.75, 3.05) is 0 Å². The molecule has 0 spiro atoms. The van der Waals surface area contributed by atoms with Crippen LogP contribution in [-0.4, -0.2) is 9.55 Å². The van der Waals surface area contributed by atoms with E-state index in [1.165, 1.54) is 23.5 Å². The number of rotatable bonds is 2. The lowest BCUT2D eigenvalue weighted by Gasteiger charge is -2.08. The summed E-state index contributed by atoms with van der Waals surface area (Å²) >= 11 is 1.38. The zero-order valence-electron chi connectivity index (χ0n) is 11.1. The topological polar surface area (TPSA) is 34.9 Å². The summed E-state index contributed by atoms with van der Waals surface area (Å²) in [6.45, 7) is 3.90. The van der Waals surface area contributed by atoms with Gasteiger partial charge in [0.1, 0.15) is 10.5 Å². The van der Waals surface area contributed by atoms with Crippen LogP contribution in [0.5, 0.6) is 0 Å². The van der Waals surface area contributed by atoms with Crippen LogP contribution in [0.15, 0.2) is 40.8 Å². The first kappa shape index (κ1) is 13.0. The third kappa shape index (κ3) is 2.04. The fourth-order valence-corrected chi connectivity index (χ4v) is 3.09. The molecule has 1 aromatic carbocycles. The van der Waals surface area contributed by atoms with Crippen LogP contribution in [0.3, 0.4) is 0 Å². The van der Waals surface area contributed by atoms with Crippen LogP contribution in [0.1, 0.15) is 19.9 Å². The van der Waals surface area contributed by atoms with E-state index >= 15 is 0 Å². The van der Waals surface area contributed by atoms with Crippen molar-refractivity contribution < 1.29 is 4.39 Å². The second-order valence-electron chi connectivity index (χ2n) is 4.88. The third-order valence-electron chi connectivity index (χ3n) is 3.22. The van der Waals surface area contributed by atoms with Crippen molar-refractivity contribution in [2.24, 2.45) is 0 Å². The van der Waals surface area contributed by atoms with Gasteiger partial charge in [-0.05, 0) is 31.5 Å². The van der Waals surface area contributed by atoms with Crippen molar-refractivity contribution in [1.29, 1.82) is 0 Å². The molecule has 0 unspecified atom stereocenters. The van der Waals surface area contributed by atoms with Crippen LogP contribution in [0.4, 0.5) is 4.39 Å². The lowest BCUT2D eigenvalue weighted by Crippen LogP contribution is -2.21. The maximum atomic E-state index is 13.0. The van der Waals surface area contributed by atoms with Gasteiger partial charge in [0.2, 0.25) is 0 Å². The highest BCUT2D eigenvalue weighted by Gasteiger charge is 2.13. The van der Waals surface area contributed by atoms with Crippen LogP contribution < -0.4 is 5.56 Å². The number of aromatic nitrogens is 2. The number of thiophene rings is 1. The summed E-state index contributed by atoms with van der Waals surface area (Å²) in [6.07, 6.45) is 1.58. The number of hydrogen-bond acceptors (Lipinski definition) is 3. The maximum absolute atomic E-state index is 13.0. The Morgan fingerprint density at radius 2 is 1.95 bits per heavy atom. The molecule has 3 aromatic rings. The molecule has 0 aliphatic rings.